The van der Waals surface area contributed by atoms with Crippen LogP contribution in [0.15, 0.2) is 23.7 Å². The van der Waals surface area contributed by atoms with Crippen LogP contribution < -0.4 is 0 Å². The number of likely N-dealkylation sites (N-methyl/N-ethyl adjacent to an activating group) is 1. The Morgan fingerprint density at radius 2 is 1.97 bits per heavy atom. The normalized spacial score (nSPS) is 20.3. The van der Waals surface area contributed by atoms with Gasteiger partial charge in [0.15, 0.2) is 0 Å². The van der Waals surface area contributed by atoms with E-state index in [1.807, 2.05) is 34.2 Å². The SMILES string of the molecule is Cc1nc(CC(=O)N2CCC[C@@H]2c2ccc(C(=O)N3CCN(C)CC3)cn2)cs1. The van der Waals surface area contributed by atoms with Gasteiger partial charge in [0.05, 0.1) is 34.4 Å². The van der Waals surface area contributed by atoms with Gasteiger partial charge in [-0.15, -0.1) is 11.3 Å². The van der Waals surface area contributed by atoms with Gasteiger partial charge in [0, 0.05) is 44.3 Å². The molecule has 0 aliphatic carbocycles. The van der Waals surface area contributed by atoms with Crippen LogP contribution in [0.2, 0.25) is 0 Å². The molecule has 8 heteroatoms. The molecule has 2 aromatic heterocycles. The minimum Gasteiger partial charge on any atom is -0.336 e. The number of nitrogens with zero attached hydrogens (tertiary/aromatic N) is 5. The van der Waals surface area contributed by atoms with Crippen LogP contribution >= 0.6 is 11.3 Å². The molecule has 2 fully saturated rings. The van der Waals surface area contributed by atoms with Gasteiger partial charge in [0.25, 0.3) is 5.91 Å². The summed E-state index contributed by atoms with van der Waals surface area (Å²) in [5.41, 5.74) is 2.32. The number of aryl methyl sites for hydroxylation is 1. The molecule has 154 valence electrons. The van der Waals surface area contributed by atoms with E-state index in [1.54, 1.807) is 17.5 Å². The maximum atomic E-state index is 12.8. The van der Waals surface area contributed by atoms with Gasteiger partial charge in [-0.05, 0) is 38.9 Å². The van der Waals surface area contributed by atoms with Crippen molar-refractivity contribution in [3.05, 3.63) is 45.7 Å². The molecule has 2 aliphatic heterocycles. The number of pyridine rings is 1. The molecule has 0 bridgehead atoms. The van der Waals surface area contributed by atoms with E-state index in [2.05, 4.69) is 21.9 Å². The summed E-state index contributed by atoms with van der Waals surface area (Å²) in [4.78, 5) is 40.5. The Balaban J connectivity index is 1.42. The lowest BCUT2D eigenvalue weighted by atomic mass is 10.1. The van der Waals surface area contributed by atoms with Crippen molar-refractivity contribution >= 4 is 23.2 Å². The van der Waals surface area contributed by atoms with Crippen LogP contribution in [0, 0.1) is 6.92 Å². The fourth-order valence-electron chi connectivity index (χ4n) is 4.04. The summed E-state index contributed by atoms with van der Waals surface area (Å²) >= 11 is 1.57. The van der Waals surface area contributed by atoms with Crippen LogP contribution in [0.4, 0.5) is 0 Å². The second-order valence-corrected chi connectivity index (χ2v) is 8.91. The largest absolute Gasteiger partial charge is 0.336 e. The summed E-state index contributed by atoms with van der Waals surface area (Å²) in [6, 6.07) is 3.75. The maximum Gasteiger partial charge on any atom is 0.255 e. The molecular weight excluding hydrogens is 386 g/mol. The highest BCUT2D eigenvalue weighted by Gasteiger charge is 2.31. The van der Waals surface area contributed by atoms with Crippen LogP contribution in [0.25, 0.3) is 0 Å². The summed E-state index contributed by atoms with van der Waals surface area (Å²) in [5, 5.41) is 2.93. The average Bonchev–Trinajstić information content (AvgIpc) is 3.37. The van der Waals surface area contributed by atoms with Crippen molar-refractivity contribution in [2.24, 2.45) is 0 Å². The molecule has 4 rings (SSSR count). The van der Waals surface area contributed by atoms with Gasteiger partial charge in [-0.25, -0.2) is 4.98 Å². The summed E-state index contributed by atoms with van der Waals surface area (Å²) in [5.74, 6) is 0.132. The van der Waals surface area contributed by atoms with Gasteiger partial charge in [-0.3, -0.25) is 14.6 Å². The number of piperazine rings is 1. The van der Waals surface area contributed by atoms with E-state index < -0.39 is 0 Å². The van der Waals surface area contributed by atoms with Crippen LogP contribution in [0.1, 0.15) is 45.6 Å². The predicted molar refractivity (Wildman–Crippen MR) is 112 cm³/mol. The van der Waals surface area contributed by atoms with E-state index in [1.165, 1.54) is 0 Å². The molecule has 0 saturated carbocycles. The Bertz CT molecular complexity index is 873. The molecule has 0 N–H and O–H groups in total. The highest BCUT2D eigenvalue weighted by Crippen LogP contribution is 2.31. The molecule has 2 aliphatic rings. The summed E-state index contributed by atoms with van der Waals surface area (Å²) in [6.45, 7) is 5.99. The van der Waals surface area contributed by atoms with Gasteiger partial charge in [-0.1, -0.05) is 0 Å². The average molecular weight is 414 g/mol. The minimum absolute atomic E-state index is 0.0185. The zero-order valence-corrected chi connectivity index (χ0v) is 17.8. The quantitative estimate of drug-likeness (QED) is 0.768. The van der Waals surface area contributed by atoms with E-state index in [0.717, 1.165) is 62.0 Å². The van der Waals surface area contributed by atoms with Crippen molar-refractivity contribution in [2.75, 3.05) is 39.8 Å². The lowest BCUT2D eigenvalue weighted by Gasteiger charge is -2.32. The molecule has 0 unspecified atom stereocenters. The van der Waals surface area contributed by atoms with Crippen molar-refractivity contribution in [1.29, 1.82) is 0 Å². The van der Waals surface area contributed by atoms with Crippen molar-refractivity contribution in [2.45, 2.75) is 32.2 Å². The number of hydrogen-bond acceptors (Lipinski definition) is 6. The second kappa shape index (κ2) is 8.59. The summed E-state index contributed by atoms with van der Waals surface area (Å²) in [7, 11) is 2.07. The molecule has 2 amide bonds. The highest BCUT2D eigenvalue weighted by atomic mass is 32.1. The fraction of sp³-hybridized carbons (Fsp3) is 0.524. The van der Waals surface area contributed by atoms with Gasteiger partial charge >= 0.3 is 0 Å². The molecule has 0 aromatic carbocycles. The smallest absolute Gasteiger partial charge is 0.255 e. The van der Waals surface area contributed by atoms with Crippen molar-refractivity contribution in [1.82, 2.24) is 24.7 Å². The number of amides is 2. The summed E-state index contributed by atoms with van der Waals surface area (Å²) in [6.07, 6.45) is 3.87. The van der Waals surface area contributed by atoms with Crippen molar-refractivity contribution < 1.29 is 9.59 Å². The van der Waals surface area contributed by atoms with Crippen molar-refractivity contribution in [3.8, 4) is 0 Å². The van der Waals surface area contributed by atoms with E-state index in [0.29, 0.717) is 12.0 Å². The molecule has 2 saturated heterocycles. The Morgan fingerprint density at radius 1 is 1.17 bits per heavy atom. The Morgan fingerprint density at radius 3 is 2.62 bits per heavy atom. The lowest BCUT2D eigenvalue weighted by molar-refractivity contribution is -0.131. The first kappa shape index (κ1) is 20.0. The zero-order chi connectivity index (χ0) is 20.4. The van der Waals surface area contributed by atoms with Crippen LogP contribution in [-0.2, 0) is 11.2 Å². The number of thiazole rings is 1. The van der Waals surface area contributed by atoms with Gasteiger partial charge < -0.3 is 14.7 Å². The first-order valence-electron chi connectivity index (χ1n) is 10.2. The topological polar surface area (TPSA) is 69.6 Å². The molecule has 7 nitrogen and oxygen atoms in total. The maximum absolute atomic E-state index is 12.8. The number of likely N-dealkylation sites (tertiary alicyclic amines) is 1. The number of rotatable bonds is 4. The van der Waals surface area contributed by atoms with Gasteiger partial charge in [0.1, 0.15) is 0 Å². The zero-order valence-electron chi connectivity index (χ0n) is 17.0. The van der Waals surface area contributed by atoms with Gasteiger partial charge in [-0.2, -0.15) is 0 Å². The fourth-order valence-corrected chi connectivity index (χ4v) is 4.65. The molecule has 4 heterocycles. The number of hydrogen-bond donors (Lipinski definition) is 0. The van der Waals surface area contributed by atoms with E-state index in [9.17, 15) is 9.59 Å². The van der Waals surface area contributed by atoms with E-state index >= 15 is 0 Å². The third-order valence-corrected chi connectivity index (χ3v) is 6.56. The van der Waals surface area contributed by atoms with Crippen LogP contribution in [-0.4, -0.2) is 76.3 Å². The lowest BCUT2D eigenvalue weighted by Crippen LogP contribution is -2.47. The third kappa shape index (κ3) is 4.48. The first-order chi connectivity index (χ1) is 14.0. The standard InChI is InChI=1S/C21H27N5O2S/c1-15-23-17(14-29-15)12-20(27)26-7-3-4-19(26)18-6-5-16(13-22-18)21(28)25-10-8-24(2)9-11-25/h5-6,13-14,19H,3-4,7-12H2,1-2H3/t19-/m1/s1. The van der Waals surface area contributed by atoms with Gasteiger partial charge in [0.2, 0.25) is 5.91 Å². The highest BCUT2D eigenvalue weighted by molar-refractivity contribution is 7.09. The third-order valence-electron chi connectivity index (χ3n) is 5.74. The molecule has 2 aromatic rings. The van der Waals surface area contributed by atoms with Crippen LogP contribution in [0.3, 0.4) is 0 Å². The number of carbonyl (C=O) groups is 2. The molecule has 0 radical (unpaired) electrons. The summed E-state index contributed by atoms with van der Waals surface area (Å²) < 4.78 is 0. The van der Waals surface area contributed by atoms with Crippen LogP contribution in [0.5, 0.6) is 0 Å². The second-order valence-electron chi connectivity index (χ2n) is 7.85. The van der Waals surface area contributed by atoms with E-state index in [4.69, 9.17) is 0 Å². The number of aromatic nitrogens is 2. The molecular formula is C21H27N5O2S. The number of carbonyl (C=O) groups excluding carboxylic acids is 2. The molecule has 1 atom stereocenters. The Hall–Kier alpha value is -2.32. The minimum atomic E-state index is -0.0185. The Kier molecular flexibility index (Phi) is 5.91. The van der Waals surface area contributed by atoms with Crippen molar-refractivity contribution in [3.63, 3.8) is 0 Å². The van der Waals surface area contributed by atoms with E-state index in [-0.39, 0.29) is 17.9 Å². The first-order valence-corrected chi connectivity index (χ1v) is 11.0. The monoisotopic (exact) mass is 413 g/mol. The Labute approximate surface area is 175 Å². The predicted octanol–water partition coefficient (Wildman–Crippen LogP) is 2.14. The molecule has 29 heavy (non-hydrogen) atoms. The molecule has 0 spiro atoms.